The normalized spacial score (nSPS) is 10.6. The SMILES string of the molecule is NCC(Cc1n[nH]c(=O)n1-c1ccc(Br)nc1)=C(F)F. The van der Waals surface area contributed by atoms with Gasteiger partial charge in [0.15, 0.2) is 0 Å². The molecule has 0 aliphatic heterocycles. The van der Waals surface area contributed by atoms with Gasteiger partial charge in [-0.3, -0.25) is 0 Å². The number of halogens is 3. The van der Waals surface area contributed by atoms with Gasteiger partial charge < -0.3 is 5.73 Å². The number of hydrogen-bond donors (Lipinski definition) is 2. The van der Waals surface area contributed by atoms with E-state index in [4.69, 9.17) is 5.73 Å². The van der Waals surface area contributed by atoms with Crippen LogP contribution in [0.1, 0.15) is 5.82 Å². The molecule has 0 atom stereocenters. The van der Waals surface area contributed by atoms with Crippen LogP contribution in [0.4, 0.5) is 8.78 Å². The zero-order valence-electron chi connectivity index (χ0n) is 10.1. The van der Waals surface area contributed by atoms with Crippen molar-refractivity contribution >= 4 is 15.9 Å². The van der Waals surface area contributed by atoms with Crippen molar-refractivity contribution in [3.05, 3.63) is 50.9 Å². The van der Waals surface area contributed by atoms with Crippen molar-refractivity contribution in [3.8, 4) is 5.69 Å². The molecular formula is C11H10BrF2N5O. The van der Waals surface area contributed by atoms with Gasteiger partial charge in [0.1, 0.15) is 10.4 Å². The molecule has 0 aromatic carbocycles. The van der Waals surface area contributed by atoms with E-state index in [9.17, 15) is 13.6 Å². The van der Waals surface area contributed by atoms with Crippen molar-refractivity contribution in [2.24, 2.45) is 5.73 Å². The third kappa shape index (κ3) is 2.99. The molecular weight excluding hydrogens is 336 g/mol. The minimum absolute atomic E-state index is 0.146. The second kappa shape index (κ2) is 6.06. The highest BCUT2D eigenvalue weighted by molar-refractivity contribution is 9.10. The summed E-state index contributed by atoms with van der Waals surface area (Å²) in [5.41, 5.74) is 4.89. The Morgan fingerprint density at radius 3 is 2.75 bits per heavy atom. The van der Waals surface area contributed by atoms with E-state index in [1.165, 1.54) is 10.8 Å². The predicted molar refractivity (Wildman–Crippen MR) is 71.7 cm³/mol. The van der Waals surface area contributed by atoms with Crippen LogP contribution in [-0.4, -0.2) is 26.3 Å². The van der Waals surface area contributed by atoms with Gasteiger partial charge in [0.25, 0.3) is 6.08 Å². The third-order valence-electron chi connectivity index (χ3n) is 2.60. The van der Waals surface area contributed by atoms with Crippen LogP contribution in [0, 0.1) is 0 Å². The molecule has 0 spiro atoms. The smallest absolute Gasteiger partial charge is 0.327 e. The molecule has 9 heteroatoms. The highest BCUT2D eigenvalue weighted by Gasteiger charge is 2.14. The number of H-pyrrole nitrogens is 1. The first kappa shape index (κ1) is 14.5. The highest BCUT2D eigenvalue weighted by atomic mass is 79.9. The molecule has 0 amide bonds. The summed E-state index contributed by atoms with van der Waals surface area (Å²) in [4.78, 5) is 15.7. The molecule has 106 valence electrons. The molecule has 0 saturated carbocycles. The van der Waals surface area contributed by atoms with Crippen LogP contribution in [0.5, 0.6) is 0 Å². The van der Waals surface area contributed by atoms with Gasteiger partial charge in [0.05, 0.1) is 11.9 Å². The van der Waals surface area contributed by atoms with Crippen LogP contribution in [0.25, 0.3) is 5.69 Å². The summed E-state index contributed by atoms with van der Waals surface area (Å²) in [7, 11) is 0. The maximum atomic E-state index is 12.6. The Labute approximate surface area is 120 Å². The van der Waals surface area contributed by atoms with Crippen LogP contribution in [0.15, 0.2) is 39.4 Å². The Morgan fingerprint density at radius 2 is 2.20 bits per heavy atom. The van der Waals surface area contributed by atoms with Gasteiger partial charge in [0, 0.05) is 18.5 Å². The molecule has 0 aliphatic carbocycles. The average Bonchev–Trinajstić information content (AvgIpc) is 2.78. The summed E-state index contributed by atoms with van der Waals surface area (Å²) in [6.45, 7) is -0.304. The van der Waals surface area contributed by atoms with Crippen LogP contribution in [-0.2, 0) is 6.42 Å². The quantitative estimate of drug-likeness (QED) is 0.819. The molecule has 0 radical (unpaired) electrons. The molecule has 2 aromatic rings. The number of nitrogens with one attached hydrogen (secondary N) is 1. The minimum atomic E-state index is -1.86. The van der Waals surface area contributed by atoms with Crippen LogP contribution in [0.3, 0.4) is 0 Å². The molecule has 2 rings (SSSR count). The topological polar surface area (TPSA) is 89.6 Å². The Morgan fingerprint density at radius 1 is 1.45 bits per heavy atom. The molecule has 0 aliphatic rings. The maximum Gasteiger partial charge on any atom is 0.348 e. The fourth-order valence-corrected chi connectivity index (χ4v) is 1.86. The number of pyridine rings is 1. The largest absolute Gasteiger partial charge is 0.348 e. The van der Waals surface area contributed by atoms with Crippen molar-refractivity contribution in [1.82, 2.24) is 19.7 Å². The van der Waals surface area contributed by atoms with Crippen molar-refractivity contribution < 1.29 is 8.78 Å². The second-order valence-electron chi connectivity index (χ2n) is 3.86. The second-order valence-corrected chi connectivity index (χ2v) is 4.68. The first-order valence-electron chi connectivity index (χ1n) is 5.54. The lowest BCUT2D eigenvalue weighted by atomic mass is 10.2. The molecule has 20 heavy (non-hydrogen) atoms. The first-order chi connectivity index (χ1) is 9.52. The summed E-state index contributed by atoms with van der Waals surface area (Å²) in [6.07, 6.45) is -0.640. The van der Waals surface area contributed by atoms with Gasteiger partial charge in [-0.1, -0.05) is 0 Å². The van der Waals surface area contributed by atoms with E-state index < -0.39 is 11.8 Å². The van der Waals surface area contributed by atoms with E-state index in [0.29, 0.717) is 10.3 Å². The van der Waals surface area contributed by atoms with Crippen molar-refractivity contribution in [2.75, 3.05) is 6.54 Å². The first-order valence-corrected chi connectivity index (χ1v) is 6.33. The summed E-state index contributed by atoms with van der Waals surface area (Å²) in [6, 6.07) is 3.25. The summed E-state index contributed by atoms with van der Waals surface area (Å²) < 4.78 is 27.0. The maximum absolute atomic E-state index is 12.6. The molecule has 2 heterocycles. The zero-order chi connectivity index (χ0) is 14.7. The number of aromatic nitrogens is 4. The lowest BCUT2D eigenvalue weighted by molar-refractivity contribution is 0.407. The minimum Gasteiger partial charge on any atom is -0.327 e. The highest BCUT2D eigenvalue weighted by Crippen LogP contribution is 2.15. The number of nitrogens with two attached hydrogens (primary N) is 1. The van der Waals surface area contributed by atoms with Crippen LogP contribution >= 0.6 is 15.9 Å². The van der Waals surface area contributed by atoms with E-state index in [1.54, 1.807) is 12.1 Å². The lowest BCUT2D eigenvalue weighted by Gasteiger charge is -2.06. The summed E-state index contributed by atoms with van der Waals surface area (Å²) >= 11 is 3.17. The van der Waals surface area contributed by atoms with E-state index in [0.717, 1.165) is 0 Å². The van der Waals surface area contributed by atoms with Gasteiger partial charge in [0.2, 0.25) is 0 Å². The average molecular weight is 346 g/mol. The Balaban J connectivity index is 2.45. The van der Waals surface area contributed by atoms with Crippen LogP contribution < -0.4 is 11.4 Å². The molecule has 0 unspecified atom stereocenters. The molecule has 0 saturated heterocycles. The number of hydrogen-bond acceptors (Lipinski definition) is 4. The fraction of sp³-hybridized carbons (Fsp3) is 0.182. The van der Waals surface area contributed by atoms with E-state index in [1.807, 2.05) is 0 Å². The molecule has 0 bridgehead atoms. The van der Waals surface area contributed by atoms with Gasteiger partial charge in [-0.25, -0.2) is 19.4 Å². The number of rotatable bonds is 4. The van der Waals surface area contributed by atoms with E-state index in [2.05, 4.69) is 31.1 Å². The van der Waals surface area contributed by atoms with Crippen molar-refractivity contribution in [3.63, 3.8) is 0 Å². The van der Waals surface area contributed by atoms with E-state index >= 15 is 0 Å². The van der Waals surface area contributed by atoms with Crippen molar-refractivity contribution in [2.45, 2.75) is 6.42 Å². The third-order valence-corrected chi connectivity index (χ3v) is 3.07. The lowest BCUT2D eigenvalue weighted by Crippen LogP contribution is -2.18. The Kier molecular flexibility index (Phi) is 4.40. The van der Waals surface area contributed by atoms with Gasteiger partial charge in [-0.15, -0.1) is 0 Å². The molecule has 2 aromatic heterocycles. The van der Waals surface area contributed by atoms with Crippen molar-refractivity contribution in [1.29, 1.82) is 0 Å². The zero-order valence-corrected chi connectivity index (χ0v) is 11.7. The summed E-state index contributed by atoms with van der Waals surface area (Å²) in [5, 5.41) is 5.98. The Bertz CT molecular complexity index is 688. The van der Waals surface area contributed by atoms with Gasteiger partial charge >= 0.3 is 5.69 Å². The monoisotopic (exact) mass is 345 g/mol. The fourth-order valence-electron chi connectivity index (χ4n) is 1.62. The van der Waals surface area contributed by atoms with E-state index in [-0.39, 0.29) is 24.4 Å². The molecule has 0 fully saturated rings. The standard InChI is InChI=1S/C11H10BrF2N5O/c12-8-2-1-7(5-16-8)19-9(17-18-11(19)20)3-6(4-15)10(13)14/h1-2,5H,3-4,15H2,(H,18,20). The van der Waals surface area contributed by atoms with Gasteiger partial charge in [-0.2, -0.15) is 13.9 Å². The number of nitrogens with zero attached hydrogens (tertiary/aromatic N) is 3. The molecule has 6 nitrogen and oxygen atoms in total. The van der Waals surface area contributed by atoms with Crippen LogP contribution in [0.2, 0.25) is 0 Å². The van der Waals surface area contributed by atoms with Gasteiger partial charge in [-0.05, 0) is 28.1 Å². The predicted octanol–water partition coefficient (Wildman–Crippen LogP) is 1.37. The Hall–Kier alpha value is -1.87. The molecule has 3 N–H and O–H groups in total. The number of aromatic amines is 1. The summed E-state index contributed by atoms with van der Waals surface area (Å²) in [5.74, 6) is 0.146.